The van der Waals surface area contributed by atoms with Crippen molar-refractivity contribution in [1.82, 2.24) is 20.0 Å². The highest BCUT2D eigenvalue weighted by Gasteiger charge is 2.18. The highest BCUT2D eigenvalue weighted by atomic mass is 32.1. The molecule has 0 bridgehead atoms. The minimum atomic E-state index is -0.199. The predicted octanol–water partition coefficient (Wildman–Crippen LogP) is 3.80. The van der Waals surface area contributed by atoms with Crippen LogP contribution in [0.4, 0.5) is 5.13 Å². The fourth-order valence-corrected chi connectivity index (χ4v) is 3.51. The highest BCUT2D eigenvalue weighted by Crippen LogP contribution is 2.20. The molecule has 1 N–H and O–H groups in total. The lowest BCUT2D eigenvalue weighted by atomic mass is 10.1. The number of benzene rings is 1. The number of hydrogen-bond donors (Lipinski definition) is 1. The molecule has 130 valence electrons. The van der Waals surface area contributed by atoms with Crippen molar-refractivity contribution in [3.8, 4) is 5.69 Å². The van der Waals surface area contributed by atoms with E-state index in [1.165, 1.54) is 11.3 Å². The number of amides is 1. The van der Waals surface area contributed by atoms with E-state index < -0.39 is 0 Å². The molecule has 1 aromatic carbocycles. The SMILES string of the molecule is CCCc1nnc(NC(=O)c2cnn(-c3cccc(C)c3)c2CC)s1. The lowest BCUT2D eigenvalue weighted by Crippen LogP contribution is -2.14. The summed E-state index contributed by atoms with van der Waals surface area (Å²) in [4.78, 5) is 12.6. The van der Waals surface area contributed by atoms with E-state index in [2.05, 4.69) is 33.6 Å². The Morgan fingerprint density at radius 2 is 2.12 bits per heavy atom. The van der Waals surface area contributed by atoms with E-state index in [4.69, 9.17) is 0 Å². The first-order valence-corrected chi connectivity index (χ1v) is 9.21. The molecule has 0 saturated heterocycles. The third-order valence-corrected chi connectivity index (χ3v) is 4.74. The molecule has 0 atom stereocenters. The fourth-order valence-electron chi connectivity index (χ4n) is 2.67. The Kier molecular flexibility index (Phi) is 5.23. The Labute approximate surface area is 150 Å². The summed E-state index contributed by atoms with van der Waals surface area (Å²) in [6, 6.07) is 8.07. The van der Waals surface area contributed by atoms with Gasteiger partial charge in [0.25, 0.3) is 5.91 Å². The maximum absolute atomic E-state index is 12.6. The monoisotopic (exact) mass is 355 g/mol. The smallest absolute Gasteiger partial charge is 0.260 e. The molecule has 0 radical (unpaired) electrons. The maximum Gasteiger partial charge on any atom is 0.260 e. The molecule has 3 rings (SSSR count). The van der Waals surface area contributed by atoms with Gasteiger partial charge in [-0.1, -0.05) is 37.3 Å². The minimum absolute atomic E-state index is 0.199. The van der Waals surface area contributed by atoms with Crippen molar-refractivity contribution in [2.24, 2.45) is 0 Å². The van der Waals surface area contributed by atoms with Gasteiger partial charge in [0.2, 0.25) is 5.13 Å². The van der Waals surface area contributed by atoms with Crippen molar-refractivity contribution in [3.63, 3.8) is 0 Å². The second-order valence-corrected chi connectivity index (χ2v) is 6.88. The zero-order valence-corrected chi connectivity index (χ0v) is 15.4. The van der Waals surface area contributed by atoms with Gasteiger partial charge in [-0.3, -0.25) is 10.1 Å². The van der Waals surface area contributed by atoms with Crippen molar-refractivity contribution < 1.29 is 4.79 Å². The first-order valence-electron chi connectivity index (χ1n) is 8.40. The van der Waals surface area contributed by atoms with Crippen molar-refractivity contribution in [1.29, 1.82) is 0 Å². The third-order valence-electron chi connectivity index (χ3n) is 3.85. The first-order chi connectivity index (χ1) is 12.1. The van der Waals surface area contributed by atoms with E-state index in [1.807, 2.05) is 36.7 Å². The standard InChI is InChI=1S/C18H21N5OS/c1-4-7-16-21-22-18(25-16)20-17(24)14-11-19-23(15(14)5-2)13-9-6-8-12(3)10-13/h6,8-11H,4-5,7H2,1-3H3,(H,20,22,24). The molecule has 3 aromatic rings. The van der Waals surface area contributed by atoms with Crippen LogP contribution >= 0.6 is 11.3 Å². The summed E-state index contributed by atoms with van der Waals surface area (Å²) in [6.45, 7) is 6.15. The number of aromatic nitrogens is 4. The molecular formula is C18H21N5OS. The first kappa shape index (κ1) is 17.3. The molecule has 0 spiro atoms. The van der Waals surface area contributed by atoms with E-state index in [0.717, 1.165) is 34.8 Å². The number of hydrogen-bond acceptors (Lipinski definition) is 5. The molecule has 0 unspecified atom stereocenters. The van der Waals surface area contributed by atoms with Gasteiger partial charge in [0, 0.05) is 6.42 Å². The zero-order valence-electron chi connectivity index (χ0n) is 14.6. The summed E-state index contributed by atoms with van der Waals surface area (Å²) in [6.07, 6.45) is 4.20. The molecule has 6 nitrogen and oxygen atoms in total. The van der Waals surface area contributed by atoms with E-state index in [9.17, 15) is 4.79 Å². The maximum atomic E-state index is 12.6. The zero-order chi connectivity index (χ0) is 17.8. The summed E-state index contributed by atoms with van der Waals surface area (Å²) in [7, 11) is 0. The molecule has 1 amide bonds. The van der Waals surface area contributed by atoms with Crippen LogP contribution < -0.4 is 5.32 Å². The van der Waals surface area contributed by atoms with Crippen LogP contribution in [0.5, 0.6) is 0 Å². The lowest BCUT2D eigenvalue weighted by Gasteiger charge is -2.08. The van der Waals surface area contributed by atoms with Gasteiger partial charge in [-0.15, -0.1) is 10.2 Å². The van der Waals surface area contributed by atoms with Gasteiger partial charge in [-0.25, -0.2) is 4.68 Å². The van der Waals surface area contributed by atoms with E-state index >= 15 is 0 Å². The molecule has 0 aliphatic carbocycles. The number of rotatable bonds is 6. The van der Waals surface area contributed by atoms with Crippen LogP contribution in [0.2, 0.25) is 0 Å². The molecular weight excluding hydrogens is 334 g/mol. The molecule has 2 aromatic heterocycles. The Morgan fingerprint density at radius 1 is 1.28 bits per heavy atom. The van der Waals surface area contributed by atoms with Crippen molar-refractivity contribution in [2.75, 3.05) is 5.32 Å². The van der Waals surface area contributed by atoms with Crippen molar-refractivity contribution in [2.45, 2.75) is 40.0 Å². The van der Waals surface area contributed by atoms with Gasteiger partial charge in [0.05, 0.1) is 23.1 Å². The second-order valence-electron chi connectivity index (χ2n) is 5.81. The van der Waals surface area contributed by atoms with Crippen LogP contribution in [0.1, 0.15) is 46.9 Å². The Bertz CT molecular complexity index is 883. The predicted molar refractivity (Wildman–Crippen MR) is 99.5 cm³/mol. The highest BCUT2D eigenvalue weighted by molar-refractivity contribution is 7.15. The van der Waals surface area contributed by atoms with Crippen LogP contribution in [0.3, 0.4) is 0 Å². The molecule has 0 aliphatic heterocycles. The average Bonchev–Trinajstić information content (AvgIpc) is 3.21. The van der Waals surface area contributed by atoms with E-state index in [1.54, 1.807) is 6.20 Å². The number of anilines is 1. The van der Waals surface area contributed by atoms with Crippen molar-refractivity contribution >= 4 is 22.4 Å². The van der Waals surface area contributed by atoms with E-state index in [0.29, 0.717) is 17.1 Å². The van der Waals surface area contributed by atoms with Crippen LogP contribution in [-0.2, 0) is 12.8 Å². The fraction of sp³-hybridized carbons (Fsp3) is 0.333. The van der Waals surface area contributed by atoms with Gasteiger partial charge in [-0.05, 0) is 37.5 Å². The number of nitrogens with one attached hydrogen (secondary N) is 1. The van der Waals surface area contributed by atoms with E-state index in [-0.39, 0.29) is 5.91 Å². The van der Waals surface area contributed by atoms with Crippen LogP contribution in [0.25, 0.3) is 5.69 Å². The van der Waals surface area contributed by atoms with Crippen molar-refractivity contribution in [3.05, 3.63) is 52.3 Å². The number of aryl methyl sites for hydroxylation is 2. The summed E-state index contributed by atoms with van der Waals surface area (Å²) in [5.74, 6) is -0.199. The minimum Gasteiger partial charge on any atom is -0.296 e. The Morgan fingerprint density at radius 3 is 2.84 bits per heavy atom. The van der Waals surface area contributed by atoms with Gasteiger partial charge in [0.15, 0.2) is 0 Å². The van der Waals surface area contributed by atoms with Gasteiger partial charge in [0.1, 0.15) is 5.01 Å². The molecule has 0 fully saturated rings. The van der Waals surface area contributed by atoms with Crippen LogP contribution in [-0.4, -0.2) is 25.9 Å². The Hall–Kier alpha value is -2.54. The van der Waals surface area contributed by atoms with Gasteiger partial charge < -0.3 is 0 Å². The van der Waals surface area contributed by atoms with Gasteiger partial charge in [-0.2, -0.15) is 5.10 Å². The normalized spacial score (nSPS) is 10.8. The third kappa shape index (κ3) is 3.76. The molecule has 0 aliphatic rings. The lowest BCUT2D eigenvalue weighted by molar-refractivity contribution is 0.102. The number of carbonyl (C=O) groups excluding carboxylic acids is 1. The molecule has 25 heavy (non-hydrogen) atoms. The molecule has 2 heterocycles. The topological polar surface area (TPSA) is 72.7 Å². The Balaban J connectivity index is 1.85. The van der Waals surface area contributed by atoms with Gasteiger partial charge >= 0.3 is 0 Å². The summed E-state index contributed by atoms with van der Waals surface area (Å²) in [5.41, 5.74) is 3.55. The number of nitrogens with zero attached hydrogens (tertiary/aromatic N) is 4. The average molecular weight is 355 g/mol. The second kappa shape index (κ2) is 7.57. The molecule has 7 heteroatoms. The number of carbonyl (C=O) groups is 1. The molecule has 0 saturated carbocycles. The van der Waals surface area contributed by atoms with Crippen LogP contribution in [0.15, 0.2) is 30.5 Å². The van der Waals surface area contributed by atoms with Crippen LogP contribution in [0, 0.1) is 6.92 Å². The quantitative estimate of drug-likeness (QED) is 0.730. The largest absolute Gasteiger partial charge is 0.296 e. The summed E-state index contributed by atoms with van der Waals surface area (Å²) in [5, 5.41) is 16.9. The summed E-state index contributed by atoms with van der Waals surface area (Å²) >= 11 is 1.42. The summed E-state index contributed by atoms with van der Waals surface area (Å²) < 4.78 is 1.82.